The van der Waals surface area contributed by atoms with Crippen LogP contribution in [0.15, 0.2) is 18.2 Å². The van der Waals surface area contributed by atoms with Gasteiger partial charge in [0.15, 0.2) is 0 Å². The fourth-order valence-corrected chi connectivity index (χ4v) is 3.68. The number of fused-ring (bicyclic) bond motifs is 1. The third-order valence-corrected chi connectivity index (χ3v) is 5.01. The number of nitrogens with zero attached hydrogens (tertiary/aromatic N) is 2. The van der Waals surface area contributed by atoms with E-state index in [4.69, 9.17) is 5.73 Å². The van der Waals surface area contributed by atoms with Crippen LogP contribution in [0.4, 0.5) is 5.69 Å². The number of nitrogens with one attached hydrogen (secondary N) is 1. The highest BCUT2D eigenvalue weighted by molar-refractivity contribution is 6.23. The minimum atomic E-state index is -0.936. The molecule has 4 rings (SSSR count). The SMILES string of the molecule is Cl.N[C@H]1CCN(c2ccc3c(c2)C(=O)N(C2CCC(=O)NC2=O)C3=O)C1. The Morgan fingerprint density at radius 1 is 1.04 bits per heavy atom. The number of hydrogen-bond donors (Lipinski definition) is 2. The summed E-state index contributed by atoms with van der Waals surface area (Å²) in [5.74, 6) is -1.96. The van der Waals surface area contributed by atoms with Gasteiger partial charge in [0.25, 0.3) is 11.8 Å². The number of amides is 4. The van der Waals surface area contributed by atoms with Gasteiger partial charge in [0, 0.05) is 31.2 Å². The standard InChI is InChI=1S/C17H18N4O4.ClH/c18-9-5-6-20(8-9)10-1-2-11-12(7-10)17(25)21(16(11)24)13-3-4-14(22)19-15(13)23;/h1-2,7,9,13H,3-6,8,18H2,(H,19,22,23);1H/t9-,13?;/m0./s1. The average molecular weight is 379 g/mol. The molecule has 1 aromatic carbocycles. The minimum absolute atomic E-state index is 0. The number of anilines is 1. The summed E-state index contributed by atoms with van der Waals surface area (Å²) in [5.41, 5.74) is 7.37. The summed E-state index contributed by atoms with van der Waals surface area (Å²) in [5, 5.41) is 2.19. The number of nitrogens with two attached hydrogens (primary N) is 1. The Hall–Kier alpha value is -2.45. The summed E-state index contributed by atoms with van der Waals surface area (Å²) in [4.78, 5) is 51.8. The van der Waals surface area contributed by atoms with E-state index in [0.717, 1.165) is 23.6 Å². The lowest BCUT2D eigenvalue weighted by Gasteiger charge is -2.27. The van der Waals surface area contributed by atoms with Gasteiger partial charge in [-0.2, -0.15) is 0 Å². The van der Waals surface area contributed by atoms with E-state index in [1.54, 1.807) is 18.2 Å². The predicted molar refractivity (Wildman–Crippen MR) is 95.2 cm³/mol. The van der Waals surface area contributed by atoms with Crippen molar-refractivity contribution in [3.05, 3.63) is 29.3 Å². The second kappa shape index (κ2) is 6.69. The van der Waals surface area contributed by atoms with Crippen molar-refractivity contribution < 1.29 is 19.2 Å². The summed E-state index contributed by atoms with van der Waals surface area (Å²) in [6.07, 6.45) is 1.15. The lowest BCUT2D eigenvalue weighted by molar-refractivity contribution is -0.136. The maximum Gasteiger partial charge on any atom is 0.262 e. The number of halogens is 1. The lowest BCUT2D eigenvalue weighted by Crippen LogP contribution is -2.54. The zero-order chi connectivity index (χ0) is 17.7. The van der Waals surface area contributed by atoms with E-state index in [0.29, 0.717) is 17.7 Å². The highest BCUT2D eigenvalue weighted by Crippen LogP contribution is 2.31. The van der Waals surface area contributed by atoms with Gasteiger partial charge in [0.05, 0.1) is 11.1 Å². The highest BCUT2D eigenvalue weighted by atomic mass is 35.5. The molecule has 2 atom stereocenters. The molecule has 26 heavy (non-hydrogen) atoms. The van der Waals surface area contributed by atoms with E-state index in [9.17, 15) is 19.2 Å². The van der Waals surface area contributed by atoms with Crippen LogP contribution in [0.2, 0.25) is 0 Å². The summed E-state index contributed by atoms with van der Waals surface area (Å²) >= 11 is 0. The van der Waals surface area contributed by atoms with Crippen LogP contribution in [0.5, 0.6) is 0 Å². The van der Waals surface area contributed by atoms with Gasteiger partial charge >= 0.3 is 0 Å². The van der Waals surface area contributed by atoms with Crippen LogP contribution in [0.25, 0.3) is 0 Å². The maximum absolute atomic E-state index is 12.8. The molecular weight excluding hydrogens is 360 g/mol. The zero-order valence-electron chi connectivity index (χ0n) is 13.9. The number of benzene rings is 1. The first kappa shape index (κ1) is 18.3. The molecule has 3 aliphatic rings. The van der Waals surface area contributed by atoms with Crippen LogP contribution in [-0.2, 0) is 9.59 Å². The van der Waals surface area contributed by atoms with E-state index in [-0.39, 0.29) is 37.2 Å². The van der Waals surface area contributed by atoms with Crippen molar-refractivity contribution >= 4 is 41.7 Å². The van der Waals surface area contributed by atoms with Crippen molar-refractivity contribution in [1.29, 1.82) is 0 Å². The van der Waals surface area contributed by atoms with Crippen molar-refractivity contribution in [3.63, 3.8) is 0 Å². The number of rotatable bonds is 2. The smallest absolute Gasteiger partial charge is 0.262 e. The summed E-state index contributed by atoms with van der Waals surface area (Å²) in [7, 11) is 0. The Morgan fingerprint density at radius 3 is 2.42 bits per heavy atom. The molecule has 2 fully saturated rings. The minimum Gasteiger partial charge on any atom is -0.370 e. The Kier molecular flexibility index (Phi) is 4.72. The van der Waals surface area contributed by atoms with Gasteiger partial charge in [-0.15, -0.1) is 12.4 Å². The van der Waals surface area contributed by atoms with Gasteiger partial charge in [-0.05, 0) is 31.0 Å². The molecule has 1 unspecified atom stereocenters. The van der Waals surface area contributed by atoms with Crippen molar-refractivity contribution in [2.45, 2.75) is 31.3 Å². The van der Waals surface area contributed by atoms with Crippen LogP contribution in [0, 0.1) is 0 Å². The Balaban J connectivity index is 0.00000196. The molecule has 0 spiro atoms. The Labute approximate surface area is 156 Å². The quantitative estimate of drug-likeness (QED) is 0.703. The van der Waals surface area contributed by atoms with Crippen LogP contribution >= 0.6 is 12.4 Å². The molecule has 138 valence electrons. The number of carbonyl (C=O) groups excluding carboxylic acids is 4. The number of hydrogen-bond acceptors (Lipinski definition) is 6. The van der Waals surface area contributed by atoms with E-state index in [1.807, 2.05) is 0 Å². The molecular formula is C17H19ClN4O4. The fourth-order valence-electron chi connectivity index (χ4n) is 3.68. The third-order valence-electron chi connectivity index (χ3n) is 5.01. The molecule has 3 aliphatic heterocycles. The fraction of sp³-hybridized carbons (Fsp3) is 0.412. The maximum atomic E-state index is 12.8. The molecule has 9 heteroatoms. The van der Waals surface area contributed by atoms with Crippen LogP contribution in [-0.4, -0.2) is 53.7 Å². The van der Waals surface area contributed by atoms with E-state index in [1.165, 1.54) is 0 Å². The summed E-state index contributed by atoms with van der Waals surface area (Å²) in [6, 6.07) is 4.29. The van der Waals surface area contributed by atoms with Crippen molar-refractivity contribution in [2.75, 3.05) is 18.0 Å². The number of imide groups is 2. The first-order valence-corrected chi connectivity index (χ1v) is 8.32. The van der Waals surface area contributed by atoms with Crippen LogP contribution < -0.4 is 16.0 Å². The zero-order valence-corrected chi connectivity index (χ0v) is 14.8. The van der Waals surface area contributed by atoms with Crippen molar-refractivity contribution in [2.24, 2.45) is 5.73 Å². The van der Waals surface area contributed by atoms with Crippen LogP contribution in [0.1, 0.15) is 40.0 Å². The van der Waals surface area contributed by atoms with Crippen molar-refractivity contribution in [3.8, 4) is 0 Å². The molecule has 1 aromatic rings. The predicted octanol–water partition coefficient (Wildman–Crippen LogP) is 0.0470. The molecule has 8 nitrogen and oxygen atoms in total. The topological polar surface area (TPSA) is 113 Å². The number of carbonyl (C=O) groups is 4. The second-order valence-electron chi connectivity index (χ2n) is 6.67. The monoisotopic (exact) mass is 378 g/mol. The molecule has 4 amide bonds. The second-order valence-corrected chi connectivity index (χ2v) is 6.67. The van der Waals surface area contributed by atoms with Crippen molar-refractivity contribution in [1.82, 2.24) is 10.2 Å². The molecule has 3 N–H and O–H groups in total. The van der Waals surface area contributed by atoms with Gasteiger partial charge in [0.2, 0.25) is 11.8 Å². The lowest BCUT2D eigenvalue weighted by atomic mass is 10.0. The molecule has 0 saturated carbocycles. The van der Waals surface area contributed by atoms with E-state index in [2.05, 4.69) is 10.2 Å². The normalized spacial score (nSPS) is 25.3. The third kappa shape index (κ3) is 2.85. The molecule has 0 bridgehead atoms. The molecule has 0 aromatic heterocycles. The van der Waals surface area contributed by atoms with Gasteiger partial charge in [0.1, 0.15) is 6.04 Å². The summed E-state index contributed by atoms with van der Waals surface area (Å²) in [6.45, 7) is 1.51. The van der Waals surface area contributed by atoms with Gasteiger partial charge in [-0.25, -0.2) is 0 Å². The molecule has 3 heterocycles. The largest absolute Gasteiger partial charge is 0.370 e. The Morgan fingerprint density at radius 2 is 1.77 bits per heavy atom. The molecule has 0 radical (unpaired) electrons. The first-order valence-electron chi connectivity index (χ1n) is 8.32. The molecule has 2 saturated heterocycles. The highest BCUT2D eigenvalue weighted by Gasteiger charge is 2.44. The first-order chi connectivity index (χ1) is 12.0. The van der Waals surface area contributed by atoms with Gasteiger partial charge in [-0.1, -0.05) is 0 Å². The summed E-state index contributed by atoms with van der Waals surface area (Å²) < 4.78 is 0. The van der Waals surface area contributed by atoms with E-state index < -0.39 is 23.8 Å². The number of piperidine rings is 1. The van der Waals surface area contributed by atoms with Crippen LogP contribution in [0.3, 0.4) is 0 Å². The Bertz CT molecular complexity index is 812. The van der Waals surface area contributed by atoms with Gasteiger partial charge < -0.3 is 10.6 Å². The van der Waals surface area contributed by atoms with Gasteiger partial charge in [-0.3, -0.25) is 29.4 Å². The van der Waals surface area contributed by atoms with E-state index >= 15 is 0 Å². The molecule has 0 aliphatic carbocycles. The average Bonchev–Trinajstić information content (AvgIpc) is 3.11.